The van der Waals surface area contributed by atoms with Gasteiger partial charge in [0.2, 0.25) is 5.88 Å². The van der Waals surface area contributed by atoms with Crippen LogP contribution < -0.4 is 14.4 Å². The first-order chi connectivity index (χ1) is 14.5. The lowest BCUT2D eigenvalue weighted by atomic mass is 9.96. The number of carbonyl (C=O) groups is 1. The van der Waals surface area contributed by atoms with E-state index in [1.54, 1.807) is 6.92 Å². The highest BCUT2D eigenvalue weighted by Gasteiger charge is 2.25. The van der Waals surface area contributed by atoms with Crippen molar-refractivity contribution in [3.63, 3.8) is 0 Å². The van der Waals surface area contributed by atoms with Crippen molar-refractivity contribution < 1.29 is 14.3 Å². The average molecular weight is 411 g/mol. The van der Waals surface area contributed by atoms with Crippen molar-refractivity contribution in [2.24, 2.45) is 0 Å². The van der Waals surface area contributed by atoms with Crippen molar-refractivity contribution in [3.05, 3.63) is 48.2 Å². The Kier molecular flexibility index (Phi) is 7.72. The molecule has 0 radical (unpaired) electrons. The quantitative estimate of drug-likeness (QED) is 0.526. The van der Waals surface area contributed by atoms with Gasteiger partial charge in [-0.1, -0.05) is 32.9 Å². The average Bonchev–Trinajstić information content (AvgIpc) is 3.21. The maximum atomic E-state index is 11.3. The van der Waals surface area contributed by atoms with Crippen LogP contribution in [0.25, 0.3) is 0 Å². The van der Waals surface area contributed by atoms with Crippen LogP contribution in [0.4, 0.5) is 5.69 Å². The van der Waals surface area contributed by atoms with Gasteiger partial charge in [0.15, 0.2) is 0 Å². The summed E-state index contributed by atoms with van der Waals surface area (Å²) in [6.07, 6.45) is 5.70. The second-order valence-corrected chi connectivity index (χ2v) is 8.26. The molecule has 0 aliphatic carbocycles. The molecule has 2 aromatic rings. The lowest BCUT2D eigenvalue weighted by Crippen LogP contribution is -2.24. The van der Waals surface area contributed by atoms with E-state index in [2.05, 4.69) is 42.8 Å². The topological polar surface area (TPSA) is 51.7 Å². The van der Waals surface area contributed by atoms with E-state index in [1.165, 1.54) is 5.56 Å². The number of hydrogen-bond acceptors (Lipinski definition) is 5. The first-order valence-electron chi connectivity index (χ1n) is 11.1. The van der Waals surface area contributed by atoms with Crippen LogP contribution in [-0.4, -0.2) is 36.1 Å². The summed E-state index contributed by atoms with van der Waals surface area (Å²) in [4.78, 5) is 18.0. The molecular weight excluding hydrogens is 376 g/mol. The van der Waals surface area contributed by atoms with Gasteiger partial charge in [0.1, 0.15) is 17.6 Å². The molecule has 5 nitrogen and oxygen atoms in total. The largest absolute Gasteiger partial charge is 0.489 e. The van der Waals surface area contributed by atoms with Gasteiger partial charge in [-0.3, -0.25) is 0 Å². The van der Waals surface area contributed by atoms with Gasteiger partial charge in [0.05, 0.1) is 12.6 Å². The third kappa shape index (κ3) is 5.97. The normalized spacial score (nSPS) is 17.2. The van der Waals surface area contributed by atoms with E-state index in [9.17, 15) is 4.79 Å². The highest BCUT2D eigenvalue weighted by atomic mass is 16.5. The molecular formula is C25H34N2O3. The molecule has 3 rings (SSSR count). The van der Waals surface area contributed by atoms with Gasteiger partial charge in [-0.2, -0.15) is 0 Å². The highest BCUT2D eigenvalue weighted by molar-refractivity contribution is 5.76. The highest BCUT2D eigenvalue weighted by Crippen LogP contribution is 2.27. The molecule has 0 amide bonds. The van der Waals surface area contributed by atoms with Crippen molar-refractivity contribution in [2.45, 2.75) is 71.5 Å². The van der Waals surface area contributed by atoms with Gasteiger partial charge in [0.25, 0.3) is 0 Å². The van der Waals surface area contributed by atoms with Gasteiger partial charge in [-0.15, -0.1) is 0 Å². The molecule has 2 atom stereocenters. The van der Waals surface area contributed by atoms with Crippen LogP contribution in [-0.2, 0) is 4.79 Å². The Balaban J connectivity index is 1.56. The molecule has 1 fully saturated rings. The first kappa shape index (κ1) is 22.1. The Morgan fingerprint density at radius 2 is 1.93 bits per heavy atom. The fourth-order valence-electron chi connectivity index (χ4n) is 3.96. The van der Waals surface area contributed by atoms with Crippen molar-refractivity contribution >= 4 is 11.5 Å². The van der Waals surface area contributed by atoms with E-state index >= 15 is 0 Å². The van der Waals surface area contributed by atoms with Crippen LogP contribution in [0.5, 0.6) is 11.6 Å². The number of anilines is 1. The molecule has 1 saturated heterocycles. The number of rotatable bonds is 10. The Morgan fingerprint density at radius 1 is 1.20 bits per heavy atom. The third-order valence-corrected chi connectivity index (χ3v) is 5.77. The molecule has 1 aromatic heterocycles. The van der Waals surface area contributed by atoms with Crippen LogP contribution in [0.3, 0.4) is 0 Å². The number of nitrogens with zero attached hydrogens (tertiary/aromatic N) is 2. The number of ketones is 1. The number of hydrogen-bond donors (Lipinski definition) is 0. The molecule has 1 aromatic carbocycles. The van der Waals surface area contributed by atoms with E-state index in [-0.39, 0.29) is 23.9 Å². The van der Waals surface area contributed by atoms with E-state index in [0.717, 1.165) is 43.8 Å². The monoisotopic (exact) mass is 410 g/mol. The minimum atomic E-state index is 0.155. The lowest BCUT2D eigenvalue weighted by Gasteiger charge is -2.21. The number of benzene rings is 1. The summed E-state index contributed by atoms with van der Waals surface area (Å²) in [5, 5.41) is 0. The second kappa shape index (κ2) is 10.5. The van der Waals surface area contributed by atoms with Gasteiger partial charge in [0, 0.05) is 37.3 Å². The Labute approximate surface area is 180 Å². The summed E-state index contributed by atoms with van der Waals surface area (Å²) >= 11 is 0. The molecule has 1 aliphatic rings. The lowest BCUT2D eigenvalue weighted by molar-refractivity contribution is -0.117. The SMILES string of the molecule is CCC(CC)Oc1cc(N2CC[C@@H](Oc3ccc([C@H](C)CC(C)=O)cc3)C2)ccn1. The number of carbonyl (C=O) groups excluding carboxylic acids is 1. The molecule has 162 valence electrons. The summed E-state index contributed by atoms with van der Waals surface area (Å²) in [5.74, 6) is 2.04. The second-order valence-electron chi connectivity index (χ2n) is 8.26. The predicted molar refractivity (Wildman–Crippen MR) is 121 cm³/mol. The fourth-order valence-corrected chi connectivity index (χ4v) is 3.96. The maximum absolute atomic E-state index is 11.3. The number of pyridine rings is 1. The van der Waals surface area contributed by atoms with E-state index in [1.807, 2.05) is 30.5 Å². The zero-order chi connectivity index (χ0) is 21.5. The third-order valence-electron chi connectivity index (χ3n) is 5.77. The predicted octanol–water partition coefficient (Wildman–Crippen LogP) is 5.39. The van der Waals surface area contributed by atoms with Crippen molar-refractivity contribution in [1.82, 2.24) is 4.98 Å². The molecule has 0 saturated carbocycles. The molecule has 0 bridgehead atoms. The van der Waals surface area contributed by atoms with Gasteiger partial charge >= 0.3 is 0 Å². The summed E-state index contributed by atoms with van der Waals surface area (Å²) < 4.78 is 12.2. The molecule has 1 aliphatic heterocycles. The molecule has 30 heavy (non-hydrogen) atoms. The smallest absolute Gasteiger partial charge is 0.215 e. The van der Waals surface area contributed by atoms with Gasteiger partial charge < -0.3 is 19.2 Å². The summed E-state index contributed by atoms with van der Waals surface area (Å²) in [5.41, 5.74) is 2.30. The number of aromatic nitrogens is 1. The summed E-state index contributed by atoms with van der Waals surface area (Å²) in [6, 6.07) is 12.2. The minimum Gasteiger partial charge on any atom is -0.489 e. The van der Waals surface area contributed by atoms with Crippen LogP contribution in [0, 0.1) is 0 Å². The Bertz CT molecular complexity index is 817. The Hall–Kier alpha value is -2.56. The van der Waals surface area contributed by atoms with E-state index < -0.39 is 0 Å². The van der Waals surface area contributed by atoms with Crippen LogP contribution in [0.15, 0.2) is 42.6 Å². The number of Topliss-reactive ketones (excluding diaryl/α,β-unsaturated/α-hetero) is 1. The summed E-state index contributed by atoms with van der Waals surface area (Å²) in [7, 11) is 0. The zero-order valence-corrected chi connectivity index (χ0v) is 18.6. The molecule has 0 spiro atoms. The minimum absolute atomic E-state index is 0.155. The molecule has 0 N–H and O–H groups in total. The Morgan fingerprint density at radius 3 is 2.60 bits per heavy atom. The standard InChI is InChI=1S/C25H34N2O3/c1-5-22(6-2)30-25-16-21(11-13-26-25)27-14-12-24(17-27)29-23-9-7-20(8-10-23)18(3)15-19(4)28/h7-11,13,16,18,22,24H,5-6,12,14-15,17H2,1-4H3/t18-,24-/m1/s1. The van der Waals surface area contributed by atoms with E-state index in [4.69, 9.17) is 9.47 Å². The molecule has 5 heteroatoms. The van der Waals surface area contributed by atoms with Gasteiger partial charge in [-0.25, -0.2) is 4.98 Å². The van der Waals surface area contributed by atoms with Crippen molar-refractivity contribution in [1.29, 1.82) is 0 Å². The van der Waals surface area contributed by atoms with Crippen LogP contribution in [0.1, 0.15) is 64.9 Å². The van der Waals surface area contributed by atoms with Crippen molar-refractivity contribution in [2.75, 3.05) is 18.0 Å². The summed E-state index contributed by atoms with van der Waals surface area (Å²) in [6.45, 7) is 9.79. The van der Waals surface area contributed by atoms with E-state index in [0.29, 0.717) is 12.3 Å². The first-order valence-corrected chi connectivity index (χ1v) is 11.1. The van der Waals surface area contributed by atoms with Gasteiger partial charge in [-0.05, 0) is 49.4 Å². The number of ether oxygens (including phenoxy) is 2. The maximum Gasteiger partial charge on any atom is 0.215 e. The molecule has 2 heterocycles. The van der Waals surface area contributed by atoms with Crippen LogP contribution >= 0.6 is 0 Å². The zero-order valence-electron chi connectivity index (χ0n) is 18.6. The fraction of sp³-hybridized carbons (Fsp3) is 0.520. The van der Waals surface area contributed by atoms with Crippen LogP contribution in [0.2, 0.25) is 0 Å². The van der Waals surface area contributed by atoms with Crippen molar-refractivity contribution in [3.8, 4) is 11.6 Å². The molecule has 0 unspecified atom stereocenters.